The summed E-state index contributed by atoms with van der Waals surface area (Å²) in [6, 6.07) is -0.703. The molecule has 1 saturated heterocycles. The summed E-state index contributed by atoms with van der Waals surface area (Å²) in [5.74, 6) is 0.210. The summed E-state index contributed by atoms with van der Waals surface area (Å²) in [6.07, 6.45) is 3.31. The maximum absolute atomic E-state index is 12.6. The van der Waals surface area contributed by atoms with Gasteiger partial charge in [-0.3, -0.25) is 9.59 Å². The van der Waals surface area contributed by atoms with Gasteiger partial charge in [-0.25, -0.2) is 0 Å². The Labute approximate surface area is 128 Å². The predicted molar refractivity (Wildman–Crippen MR) is 82.9 cm³/mol. The summed E-state index contributed by atoms with van der Waals surface area (Å²) in [5.41, 5.74) is 0. The van der Waals surface area contributed by atoms with Gasteiger partial charge < -0.3 is 15.0 Å². The van der Waals surface area contributed by atoms with Gasteiger partial charge in [0, 0.05) is 19.8 Å². The van der Waals surface area contributed by atoms with Gasteiger partial charge in [0.25, 0.3) is 0 Å². The lowest BCUT2D eigenvalue weighted by Crippen LogP contribution is -2.64. The second kappa shape index (κ2) is 9.03. The number of ether oxygens (including phenoxy) is 1. The van der Waals surface area contributed by atoms with Crippen molar-refractivity contribution in [2.24, 2.45) is 5.92 Å². The van der Waals surface area contributed by atoms with Crippen LogP contribution in [0.15, 0.2) is 0 Å². The molecule has 1 heterocycles. The van der Waals surface area contributed by atoms with Gasteiger partial charge in [-0.15, -0.1) is 0 Å². The van der Waals surface area contributed by atoms with Crippen molar-refractivity contribution in [2.75, 3.05) is 19.8 Å². The normalized spacial score (nSPS) is 24.1. The number of piperazine rings is 1. The number of carbonyl (C=O) groups is 2. The third-order valence-electron chi connectivity index (χ3n) is 4.16. The molecule has 1 aliphatic heterocycles. The fourth-order valence-electron chi connectivity index (χ4n) is 2.66. The van der Waals surface area contributed by atoms with E-state index in [-0.39, 0.29) is 29.8 Å². The molecule has 3 unspecified atom stereocenters. The maximum atomic E-state index is 12.6. The van der Waals surface area contributed by atoms with Crippen LogP contribution in [-0.2, 0) is 14.3 Å². The van der Waals surface area contributed by atoms with Crippen molar-refractivity contribution in [1.82, 2.24) is 10.2 Å². The van der Waals surface area contributed by atoms with E-state index in [1.165, 1.54) is 0 Å². The summed E-state index contributed by atoms with van der Waals surface area (Å²) in [4.78, 5) is 26.6. The minimum atomic E-state index is -0.373. The molecule has 0 aromatic heterocycles. The minimum Gasteiger partial charge on any atom is -0.381 e. The number of hydrogen-bond acceptors (Lipinski definition) is 3. The second-order valence-corrected chi connectivity index (χ2v) is 5.79. The maximum Gasteiger partial charge on any atom is 0.246 e. The Morgan fingerprint density at radius 3 is 2.52 bits per heavy atom. The van der Waals surface area contributed by atoms with Crippen molar-refractivity contribution in [1.29, 1.82) is 0 Å². The molecule has 0 aromatic carbocycles. The summed E-state index contributed by atoms with van der Waals surface area (Å²) < 4.78 is 5.46. The van der Waals surface area contributed by atoms with Gasteiger partial charge >= 0.3 is 0 Å². The fourth-order valence-corrected chi connectivity index (χ4v) is 2.66. The largest absolute Gasteiger partial charge is 0.381 e. The quantitative estimate of drug-likeness (QED) is 0.662. The smallest absolute Gasteiger partial charge is 0.246 e. The lowest BCUT2D eigenvalue weighted by molar-refractivity contribution is -0.151. The Morgan fingerprint density at radius 1 is 1.24 bits per heavy atom. The summed E-state index contributed by atoms with van der Waals surface area (Å²) >= 11 is 0. The number of hydrogen-bond donors (Lipinski definition) is 1. The highest BCUT2D eigenvalue weighted by Gasteiger charge is 2.40. The van der Waals surface area contributed by atoms with Crippen molar-refractivity contribution in [3.8, 4) is 0 Å². The SMILES string of the molecule is CCCOCCCN1C(=O)C(C(C)CC)NC(=O)C1CC. The summed E-state index contributed by atoms with van der Waals surface area (Å²) in [5, 5.41) is 2.90. The van der Waals surface area contributed by atoms with Crippen LogP contribution >= 0.6 is 0 Å². The standard InChI is InChI=1S/C16H30N2O3/c1-5-10-21-11-8-9-18-13(7-3)15(19)17-14(16(18)20)12(4)6-2/h12-14H,5-11H2,1-4H3,(H,17,19). The summed E-state index contributed by atoms with van der Waals surface area (Å²) in [7, 11) is 0. The molecular weight excluding hydrogens is 268 g/mol. The van der Waals surface area contributed by atoms with Gasteiger partial charge in [-0.2, -0.15) is 0 Å². The van der Waals surface area contributed by atoms with Gasteiger partial charge in [0.2, 0.25) is 11.8 Å². The average molecular weight is 298 g/mol. The van der Waals surface area contributed by atoms with Gasteiger partial charge in [0.05, 0.1) is 0 Å². The molecule has 1 rings (SSSR count). The molecular formula is C16H30N2O3. The van der Waals surface area contributed by atoms with Crippen LogP contribution in [-0.4, -0.2) is 48.6 Å². The number of carbonyl (C=O) groups excluding carboxylic acids is 2. The Hall–Kier alpha value is -1.10. The molecule has 0 radical (unpaired) electrons. The Morgan fingerprint density at radius 2 is 1.95 bits per heavy atom. The first kappa shape index (κ1) is 18.0. The van der Waals surface area contributed by atoms with Crippen molar-refractivity contribution < 1.29 is 14.3 Å². The highest BCUT2D eigenvalue weighted by Crippen LogP contribution is 2.19. The van der Waals surface area contributed by atoms with Crippen LogP contribution in [0.3, 0.4) is 0 Å². The van der Waals surface area contributed by atoms with Crippen LogP contribution in [0.25, 0.3) is 0 Å². The molecule has 5 heteroatoms. The van der Waals surface area contributed by atoms with E-state index in [1.54, 1.807) is 4.90 Å². The second-order valence-electron chi connectivity index (χ2n) is 5.79. The number of nitrogens with one attached hydrogen (secondary N) is 1. The zero-order valence-electron chi connectivity index (χ0n) is 13.9. The Balaban J connectivity index is 2.65. The molecule has 21 heavy (non-hydrogen) atoms. The van der Waals surface area contributed by atoms with E-state index in [1.807, 2.05) is 20.8 Å². The number of rotatable bonds is 9. The molecule has 1 fully saturated rings. The van der Waals surface area contributed by atoms with Crippen molar-refractivity contribution in [2.45, 2.75) is 65.5 Å². The molecule has 1 N–H and O–H groups in total. The van der Waals surface area contributed by atoms with E-state index in [2.05, 4.69) is 12.2 Å². The topological polar surface area (TPSA) is 58.6 Å². The molecule has 0 saturated carbocycles. The molecule has 0 aliphatic carbocycles. The zero-order chi connectivity index (χ0) is 15.8. The third kappa shape index (κ3) is 4.70. The van der Waals surface area contributed by atoms with E-state index in [4.69, 9.17) is 4.74 Å². The van der Waals surface area contributed by atoms with Crippen LogP contribution in [0.2, 0.25) is 0 Å². The van der Waals surface area contributed by atoms with E-state index in [9.17, 15) is 9.59 Å². The predicted octanol–water partition coefficient (Wildman–Crippen LogP) is 1.95. The van der Waals surface area contributed by atoms with Crippen LogP contribution < -0.4 is 5.32 Å². The molecule has 122 valence electrons. The van der Waals surface area contributed by atoms with Gasteiger partial charge in [0.15, 0.2) is 0 Å². The van der Waals surface area contributed by atoms with Crippen LogP contribution in [0.1, 0.15) is 53.4 Å². The van der Waals surface area contributed by atoms with Gasteiger partial charge in [-0.05, 0) is 25.2 Å². The molecule has 0 spiro atoms. The van der Waals surface area contributed by atoms with Crippen molar-refractivity contribution >= 4 is 11.8 Å². The van der Waals surface area contributed by atoms with Gasteiger partial charge in [0.1, 0.15) is 12.1 Å². The van der Waals surface area contributed by atoms with E-state index in [0.29, 0.717) is 19.6 Å². The van der Waals surface area contributed by atoms with Crippen LogP contribution in [0.4, 0.5) is 0 Å². The Bertz CT molecular complexity index is 346. The lowest BCUT2D eigenvalue weighted by Gasteiger charge is -2.40. The molecule has 1 aliphatic rings. The van der Waals surface area contributed by atoms with Crippen LogP contribution in [0.5, 0.6) is 0 Å². The van der Waals surface area contributed by atoms with E-state index in [0.717, 1.165) is 25.9 Å². The molecule has 0 bridgehead atoms. The molecule has 0 aromatic rings. The first-order valence-corrected chi connectivity index (χ1v) is 8.25. The summed E-state index contributed by atoms with van der Waals surface area (Å²) in [6.45, 7) is 10.1. The molecule has 2 amide bonds. The van der Waals surface area contributed by atoms with Crippen molar-refractivity contribution in [3.63, 3.8) is 0 Å². The highest BCUT2D eigenvalue weighted by molar-refractivity contribution is 5.97. The van der Waals surface area contributed by atoms with E-state index < -0.39 is 0 Å². The molecule has 3 atom stereocenters. The molecule has 5 nitrogen and oxygen atoms in total. The first-order chi connectivity index (χ1) is 10.1. The first-order valence-electron chi connectivity index (χ1n) is 8.25. The highest BCUT2D eigenvalue weighted by atomic mass is 16.5. The average Bonchev–Trinajstić information content (AvgIpc) is 2.49. The monoisotopic (exact) mass is 298 g/mol. The van der Waals surface area contributed by atoms with E-state index >= 15 is 0 Å². The van der Waals surface area contributed by atoms with Crippen LogP contribution in [0, 0.1) is 5.92 Å². The minimum absolute atomic E-state index is 0.0168. The van der Waals surface area contributed by atoms with Gasteiger partial charge in [-0.1, -0.05) is 34.1 Å². The Kier molecular flexibility index (Phi) is 7.72. The fraction of sp³-hybridized carbons (Fsp3) is 0.875. The van der Waals surface area contributed by atoms with Crippen molar-refractivity contribution in [3.05, 3.63) is 0 Å². The number of nitrogens with zero attached hydrogens (tertiary/aromatic N) is 1. The lowest BCUT2D eigenvalue weighted by atomic mass is 9.93. The third-order valence-corrected chi connectivity index (χ3v) is 4.16. The zero-order valence-corrected chi connectivity index (χ0v) is 13.9. The number of amides is 2.